The first-order chi connectivity index (χ1) is 7.79. The predicted molar refractivity (Wildman–Crippen MR) is 69.5 cm³/mol. The van der Waals surface area contributed by atoms with E-state index in [9.17, 15) is 0 Å². The van der Waals surface area contributed by atoms with E-state index in [1.807, 2.05) is 12.3 Å². The average Bonchev–Trinajstić information content (AvgIpc) is 2.56. The van der Waals surface area contributed by atoms with Crippen molar-refractivity contribution in [2.75, 3.05) is 24.2 Å². The molecule has 1 aromatic heterocycles. The third kappa shape index (κ3) is 3.01. The molecule has 0 atom stereocenters. The molecule has 1 aliphatic rings. The molecular weight excluding hydrogens is 242 g/mol. The van der Waals surface area contributed by atoms with Crippen LogP contribution in [0.2, 0.25) is 5.15 Å². The standard InChI is InChI=1S/C11H16ClN3S/c1-16-11-13-9(12)8-10(14-11)15-6-4-2-3-5-7-15/h8H,2-7H2,1H3. The summed E-state index contributed by atoms with van der Waals surface area (Å²) >= 11 is 7.53. The fourth-order valence-corrected chi connectivity index (χ4v) is 2.54. The SMILES string of the molecule is CSc1nc(Cl)cc(N2CCCCCC2)n1. The van der Waals surface area contributed by atoms with E-state index in [1.165, 1.54) is 37.4 Å². The molecule has 2 heterocycles. The van der Waals surface area contributed by atoms with Crippen molar-refractivity contribution >= 4 is 29.2 Å². The van der Waals surface area contributed by atoms with Crippen molar-refractivity contribution in [2.24, 2.45) is 0 Å². The van der Waals surface area contributed by atoms with Gasteiger partial charge in [-0.3, -0.25) is 0 Å². The lowest BCUT2D eigenvalue weighted by Crippen LogP contribution is -2.25. The topological polar surface area (TPSA) is 29.0 Å². The van der Waals surface area contributed by atoms with Crippen molar-refractivity contribution in [2.45, 2.75) is 30.8 Å². The van der Waals surface area contributed by atoms with E-state index in [-0.39, 0.29) is 0 Å². The predicted octanol–water partition coefficient (Wildman–Crippen LogP) is 3.23. The Hall–Kier alpha value is -0.480. The van der Waals surface area contributed by atoms with Crippen molar-refractivity contribution in [1.29, 1.82) is 0 Å². The Morgan fingerprint density at radius 1 is 1.19 bits per heavy atom. The average molecular weight is 258 g/mol. The Kier molecular flexibility index (Phi) is 4.29. The van der Waals surface area contributed by atoms with Crippen LogP contribution in [0.25, 0.3) is 0 Å². The molecule has 1 aliphatic heterocycles. The van der Waals surface area contributed by atoms with Gasteiger partial charge in [-0.05, 0) is 19.1 Å². The summed E-state index contributed by atoms with van der Waals surface area (Å²) in [4.78, 5) is 11.0. The fourth-order valence-electron chi connectivity index (χ4n) is 1.94. The van der Waals surface area contributed by atoms with Crippen LogP contribution in [0.4, 0.5) is 5.82 Å². The van der Waals surface area contributed by atoms with E-state index in [0.29, 0.717) is 5.15 Å². The molecule has 3 nitrogen and oxygen atoms in total. The molecule has 0 unspecified atom stereocenters. The van der Waals surface area contributed by atoms with Gasteiger partial charge in [-0.15, -0.1) is 0 Å². The van der Waals surface area contributed by atoms with Gasteiger partial charge in [-0.1, -0.05) is 36.2 Å². The minimum absolute atomic E-state index is 0.540. The molecule has 1 fully saturated rings. The molecule has 2 rings (SSSR count). The highest BCUT2D eigenvalue weighted by molar-refractivity contribution is 7.98. The zero-order chi connectivity index (χ0) is 11.4. The second-order valence-electron chi connectivity index (χ2n) is 3.94. The minimum atomic E-state index is 0.540. The molecule has 16 heavy (non-hydrogen) atoms. The monoisotopic (exact) mass is 257 g/mol. The van der Waals surface area contributed by atoms with Crippen molar-refractivity contribution in [3.05, 3.63) is 11.2 Å². The Morgan fingerprint density at radius 3 is 2.50 bits per heavy atom. The van der Waals surface area contributed by atoms with E-state index in [2.05, 4.69) is 14.9 Å². The van der Waals surface area contributed by atoms with Gasteiger partial charge < -0.3 is 4.90 Å². The molecule has 0 spiro atoms. The van der Waals surface area contributed by atoms with Gasteiger partial charge in [0.1, 0.15) is 11.0 Å². The van der Waals surface area contributed by atoms with Crippen LogP contribution in [0.5, 0.6) is 0 Å². The van der Waals surface area contributed by atoms with Crippen LogP contribution in [0.1, 0.15) is 25.7 Å². The summed E-state index contributed by atoms with van der Waals surface area (Å²) in [5.74, 6) is 0.978. The van der Waals surface area contributed by atoms with Crippen LogP contribution in [0, 0.1) is 0 Å². The summed E-state index contributed by atoms with van der Waals surface area (Å²) in [6.07, 6.45) is 7.11. The maximum atomic E-state index is 6.00. The van der Waals surface area contributed by atoms with Gasteiger partial charge >= 0.3 is 0 Å². The molecule has 0 N–H and O–H groups in total. The molecule has 0 amide bonds. The molecule has 0 radical (unpaired) electrons. The summed E-state index contributed by atoms with van der Waals surface area (Å²) < 4.78 is 0. The first-order valence-electron chi connectivity index (χ1n) is 5.63. The molecular formula is C11H16ClN3S. The molecule has 0 saturated carbocycles. The third-order valence-electron chi connectivity index (χ3n) is 2.77. The summed E-state index contributed by atoms with van der Waals surface area (Å²) in [5.41, 5.74) is 0. The molecule has 1 saturated heterocycles. The smallest absolute Gasteiger partial charge is 0.190 e. The lowest BCUT2D eigenvalue weighted by Gasteiger charge is -2.21. The first kappa shape index (κ1) is 12.0. The maximum absolute atomic E-state index is 6.00. The number of rotatable bonds is 2. The zero-order valence-electron chi connectivity index (χ0n) is 9.45. The van der Waals surface area contributed by atoms with Gasteiger partial charge in [0.05, 0.1) is 0 Å². The van der Waals surface area contributed by atoms with Gasteiger partial charge in [0.25, 0.3) is 0 Å². The van der Waals surface area contributed by atoms with Gasteiger partial charge in [-0.2, -0.15) is 0 Å². The van der Waals surface area contributed by atoms with Crippen molar-refractivity contribution in [3.8, 4) is 0 Å². The molecule has 88 valence electrons. The Balaban J connectivity index is 2.20. The van der Waals surface area contributed by atoms with E-state index in [4.69, 9.17) is 11.6 Å². The van der Waals surface area contributed by atoms with Crippen LogP contribution in [0.15, 0.2) is 11.2 Å². The van der Waals surface area contributed by atoms with Crippen molar-refractivity contribution < 1.29 is 0 Å². The van der Waals surface area contributed by atoms with E-state index in [1.54, 1.807) is 0 Å². The number of thioether (sulfide) groups is 1. The number of nitrogens with zero attached hydrogens (tertiary/aromatic N) is 3. The highest BCUT2D eigenvalue weighted by atomic mass is 35.5. The first-order valence-corrected chi connectivity index (χ1v) is 7.23. The third-order valence-corrected chi connectivity index (χ3v) is 3.51. The molecule has 0 aliphatic carbocycles. The van der Waals surface area contributed by atoms with Crippen LogP contribution < -0.4 is 4.90 Å². The fraction of sp³-hybridized carbons (Fsp3) is 0.636. The number of hydrogen-bond donors (Lipinski definition) is 0. The van der Waals surface area contributed by atoms with Crippen LogP contribution in [0.3, 0.4) is 0 Å². The highest BCUT2D eigenvalue weighted by Crippen LogP contribution is 2.22. The summed E-state index contributed by atoms with van der Waals surface area (Å²) in [6, 6.07) is 1.87. The van der Waals surface area contributed by atoms with Crippen molar-refractivity contribution in [1.82, 2.24) is 9.97 Å². The van der Waals surface area contributed by atoms with Crippen LogP contribution in [-0.4, -0.2) is 29.3 Å². The quantitative estimate of drug-likeness (QED) is 0.462. The minimum Gasteiger partial charge on any atom is -0.356 e. The van der Waals surface area contributed by atoms with Gasteiger partial charge in [0, 0.05) is 19.2 Å². The number of anilines is 1. The largest absolute Gasteiger partial charge is 0.356 e. The zero-order valence-corrected chi connectivity index (χ0v) is 11.0. The summed E-state index contributed by atoms with van der Waals surface area (Å²) in [6.45, 7) is 2.17. The maximum Gasteiger partial charge on any atom is 0.190 e. The lowest BCUT2D eigenvalue weighted by atomic mass is 10.2. The van der Waals surface area contributed by atoms with E-state index in [0.717, 1.165) is 24.1 Å². The number of aromatic nitrogens is 2. The van der Waals surface area contributed by atoms with Gasteiger partial charge in [0.15, 0.2) is 5.16 Å². The normalized spacial score (nSPS) is 17.2. The van der Waals surface area contributed by atoms with Gasteiger partial charge in [-0.25, -0.2) is 9.97 Å². The Morgan fingerprint density at radius 2 is 1.88 bits per heavy atom. The molecule has 0 aromatic carbocycles. The molecule has 0 bridgehead atoms. The van der Waals surface area contributed by atoms with Crippen molar-refractivity contribution in [3.63, 3.8) is 0 Å². The van der Waals surface area contributed by atoms with Gasteiger partial charge in [0.2, 0.25) is 0 Å². The second kappa shape index (κ2) is 5.73. The lowest BCUT2D eigenvalue weighted by molar-refractivity contribution is 0.726. The second-order valence-corrected chi connectivity index (χ2v) is 5.10. The van der Waals surface area contributed by atoms with Crippen LogP contribution >= 0.6 is 23.4 Å². The van der Waals surface area contributed by atoms with E-state index >= 15 is 0 Å². The molecule has 5 heteroatoms. The molecule has 1 aromatic rings. The highest BCUT2D eigenvalue weighted by Gasteiger charge is 2.12. The van der Waals surface area contributed by atoms with Crippen LogP contribution in [-0.2, 0) is 0 Å². The summed E-state index contributed by atoms with van der Waals surface area (Å²) in [7, 11) is 0. The number of halogens is 1. The van der Waals surface area contributed by atoms with E-state index < -0.39 is 0 Å². The Bertz CT molecular complexity index is 351. The summed E-state index contributed by atoms with van der Waals surface area (Å²) in [5, 5.41) is 1.30. The number of hydrogen-bond acceptors (Lipinski definition) is 4. The Labute approximate surface area is 106 Å².